The minimum absolute atomic E-state index is 0.0482. The van der Waals surface area contributed by atoms with Gasteiger partial charge in [0.25, 0.3) is 0 Å². The van der Waals surface area contributed by atoms with Crippen LogP contribution >= 0.6 is 0 Å². The van der Waals surface area contributed by atoms with Crippen molar-refractivity contribution in [1.82, 2.24) is 10.2 Å². The first kappa shape index (κ1) is 10.1. The molecule has 0 saturated carbocycles. The van der Waals surface area contributed by atoms with Crippen LogP contribution in [0.1, 0.15) is 26.2 Å². The number of piperidine rings is 1. The Morgan fingerprint density at radius 1 is 1.69 bits per heavy atom. The lowest BCUT2D eigenvalue weighted by molar-refractivity contribution is 0.168. The maximum Gasteiger partial charge on any atom is 0.317 e. The van der Waals surface area contributed by atoms with Crippen molar-refractivity contribution in [3.63, 3.8) is 0 Å². The lowest BCUT2D eigenvalue weighted by atomic mass is 10.0. The van der Waals surface area contributed by atoms with Crippen molar-refractivity contribution in [3.05, 3.63) is 12.7 Å². The van der Waals surface area contributed by atoms with Crippen LogP contribution in [0, 0.1) is 0 Å². The predicted molar refractivity (Wildman–Crippen MR) is 53.6 cm³/mol. The van der Waals surface area contributed by atoms with E-state index in [0.29, 0.717) is 6.54 Å². The molecule has 0 aromatic rings. The Labute approximate surface area is 79.8 Å². The number of likely N-dealkylation sites (tertiary alicyclic amines) is 1. The van der Waals surface area contributed by atoms with Crippen molar-refractivity contribution in [2.45, 2.75) is 32.2 Å². The summed E-state index contributed by atoms with van der Waals surface area (Å²) in [6.45, 7) is 7.25. The SMILES string of the molecule is C=CC1CCCCN1C(=O)NCC. The van der Waals surface area contributed by atoms with Gasteiger partial charge in [0.15, 0.2) is 0 Å². The monoisotopic (exact) mass is 182 g/mol. The van der Waals surface area contributed by atoms with Gasteiger partial charge in [0.05, 0.1) is 6.04 Å². The van der Waals surface area contributed by atoms with E-state index in [0.717, 1.165) is 19.4 Å². The van der Waals surface area contributed by atoms with Gasteiger partial charge in [-0.25, -0.2) is 4.79 Å². The van der Waals surface area contributed by atoms with Crippen LogP contribution in [0.2, 0.25) is 0 Å². The van der Waals surface area contributed by atoms with Crippen LogP contribution < -0.4 is 5.32 Å². The summed E-state index contributed by atoms with van der Waals surface area (Å²) in [4.78, 5) is 13.4. The molecule has 0 aromatic carbocycles. The highest BCUT2D eigenvalue weighted by atomic mass is 16.2. The summed E-state index contributed by atoms with van der Waals surface area (Å²) in [6.07, 6.45) is 5.24. The van der Waals surface area contributed by atoms with Crippen LogP contribution in [-0.2, 0) is 0 Å². The Morgan fingerprint density at radius 2 is 2.46 bits per heavy atom. The molecule has 2 amide bonds. The number of urea groups is 1. The molecule has 3 heteroatoms. The molecule has 0 spiro atoms. The quantitative estimate of drug-likeness (QED) is 0.648. The summed E-state index contributed by atoms with van der Waals surface area (Å²) in [5.74, 6) is 0. The van der Waals surface area contributed by atoms with E-state index in [1.165, 1.54) is 6.42 Å². The molecule has 0 aliphatic carbocycles. The van der Waals surface area contributed by atoms with Gasteiger partial charge < -0.3 is 10.2 Å². The van der Waals surface area contributed by atoms with E-state index < -0.39 is 0 Å². The third-order valence-corrected chi connectivity index (χ3v) is 2.41. The number of carbonyl (C=O) groups excluding carboxylic acids is 1. The molecule has 13 heavy (non-hydrogen) atoms. The molecular weight excluding hydrogens is 164 g/mol. The van der Waals surface area contributed by atoms with E-state index in [-0.39, 0.29) is 12.1 Å². The third-order valence-electron chi connectivity index (χ3n) is 2.41. The molecule has 1 aliphatic rings. The number of nitrogens with zero attached hydrogens (tertiary/aromatic N) is 1. The van der Waals surface area contributed by atoms with E-state index in [9.17, 15) is 4.79 Å². The Bertz CT molecular complexity index is 191. The summed E-state index contributed by atoms with van der Waals surface area (Å²) in [5.41, 5.74) is 0. The van der Waals surface area contributed by atoms with Crippen molar-refractivity contribution < 1.29 is 4.79 Å². The van der Waals surface area contributed by atoms with Crippen LogP contribution in [-0.4, -0.2) is 30.1 Å². The van der Waals surface area contributed by atoms with Crippen LogP contribution in [0.5, 0.6) is 0 Å². The standard InChI is InChI=1S/C10H18N2O/c1-3-9-7-5-6-8-12(9)10(13)11-4-2/h3,9H,1,4-8H2,2H3,(H,11,13). The van der Waals surface area contributed by atoms with Crippen molar-refractivity contribution >= 4 is 6.03 Å². The maximum atomic E-state index is 11.5. The van der Waals surface area contributed by atoms with E-state index in [2.05, 4.69) is 11.9 Å². The smallest absolute Gasteiger partial charge is 0.317 e. The lowest BCUT2D eigenvalue weighted by Crippen LogP contribution is -2.47. The van der Waals surface area contributed by atoms with Gasteiger partial charge in [-0.1, -0.05) is 6.08 Å². The minimum atomic E-state index is 0.0482. The molecule has 1 rings (SSSR count). The molecule has 74 valence electrons. The first-order valence-electron chi connectivity index (χ1n) is 4.96. The van der Waals surface area contributed by atoms with Gasteiger partial charge in [0, 0.05) is 13.1 Å². The highest BCUT2D eigenvalue weighted by Crippen LogP contribution is 2.17. The third kappa shape index (κ3) is 2.47. The molecule has 1 N–H and O–H groups in total. The average molecular weight is 182 g/mol. The lowest BCUT2D eigenvalue weighted by Gasteiger charge is -2.33. The van der Waals surface area contributed by atoms with Crippen molar-refractivity contribution in [2.75, 3.05) is 13.1 Å². The van der Waals surface area contributed by atoms with Gasteiger partial charge in [-0.3, -0.25) is 0 Å². The number of amides is 2. The second kappa shape index (κ2) is 4.90. The zero-order valence-electron chi connectivity index (χ0n) is 8.25. The molecule has 0 radical (unpaired) electrons. The molecule has 0 bridgehead atoms. The molecular formula is C10H18N2O. The zero-order valence-corrected chi connectivity index (χ0v) is 8.25. The number of carbonyl (C=O) groups is 1. The molecule has 1 atom stereocenters. The zero-order chi connectivity index (χ0) is 9.68. The first-order valence-corrected chi connectivity index (χ1v) is 4.96. The number of rotatable bonds is 2. The highest BCUT2D eigenvalue weighted by Gasteiger charge is 2.23. The van der Waals surface area contributed by atoms with Gasteiger partial charge in [-0.05, 0) is 26.2 Å². The van der Waals surface area contributed by atoms with Gasteiger partial charge in [-0.15, -0.1) is 6.58 Å². The van der Waals surface area contributed by atoms with E-state index in [1.54, 1.807) is 0 Å². The Hall–Kier alpha value is -0.990. The fraction of sp³-hybridized carbons (Fsp3) is 0.700. The predicted octanol–water partition coefficient (Wildman–Crippen LogP) is 1.76. The van der Waals surface area contributed by atoms with Gasteiger partial charge >= 0.3 is 6.03 Å². The van der Waals surface area contributed by atoms with Gasteiger partial charge in [0.1, 0.15) is 0 Å². The van der Waals surface area contributed by atoms with E-state index in [4.69, 9.17) is 0 Å². The number of hydrogen-bond donors (Lipinski definition) is 1. The van der Waals surface area contributed by atoms with E-state index >= 15 is 0 Å². The second-order valence-corrected chi connectivity index (χ2v) is 3.33. The molecule has 1 heterocycles. The van der Waals surface area contributed by atoms with E-state index in [1.807, 2.05) is 17.9 Å². The Kier molecular flexibility index (Phi) is 3.80. The topological polar surface area (TPSA) is 32.3 Å². The summed E-state index contributed by atoms with van der Waals surface area (Å²) >= 11 is 0. The van der Waals surface area contributed by atoms with Crippen molar-refractivity contribution in [3.8, 4) is 0 Å². The fourth-order valence-corrected chi connectivity index (χ4v) is 1.71. The molecule has 1 aliphatic heterocycles. The Morgan fingerprint density at radius 3 is 3.08 bits per heavy atom. The molecule has 1 unspecified atom stereocenters. The fourth-order valence-electron chi connectivity index (χ4n) is 1.71. The van der Waals surface area contributed by atoms with Gasteiger partial charge in [-0.2, -0.15) is 0 Å². The average Bonchev–Trinajstić information content (AvgIpc) is 2.18. The number of nitrogens with one attached hydrogen (secondary N) is 1. The molecule has 1 saturated heterocycles. The summed E-state index contributed by atoms with van der Waals surface area (Å²) in [5, 5.41) is 2.82. The molecule has 1 fully saturated rings. The second-order valence-electron chi connectivity index (χ2n) is 3.33. The summed E-state index contributed by atoms with van der Waals surface area (Å²) in [6, 6.07) is 0.285. The largest absolute Gasteiger partial charge is 0.338 e. The Balaban J connectivity index is 2.53. The normalized spacial score (nSPS) is 22.5. The molecule has 0 aromatic heterocycles. The molecule has 3 nitrogen and oxygen atoms in total. The highest BCUT2D eigenvalue weighted by molar-refractivity contribution is 5.74. The van der Waals surface area contributed by atoms with Crippen molar-refractivity contribution in [2.24, 2.45) is 0 Å². The van der Waals surface area contributed by atoms with Gasteiger partial charge in [0.2, 0.25) is 0 Å². The van der Waals surface area contributed by atoms with Crippen molar-refractivity contribution in [1.29, 1.82) is 0 Å². The minimum Gasteiger partial charge on any atom is -0.338 e. The van der Waals surface area contributed by atoms with Crippen LogP contribution in [0.4, 0.5) is 4.79 Å². The first-order chi connectivity index (χ1) is 6.29. The van der Waals surface area contributed by atoms with Crippen LogP contribution in [0.25, 0.3) is 0 Å². The number of hydrogen-bond acceptors (Lipinski definition) is 1. The summed E-state index contributed by atoms with van der Waals surface area (Å²) < 4.78 is 0. The van der Waals surface area contributed by atoms with Crippen LogP contribution in [0.15, 0.2) is 12.7 Å². The maximum absolute atomic E-state index is 11.5. The summed E-state index contributed by atoms with van der Waals surface area (Å²) in [7, 11) is 0. The van der Waals surface area contributed by atoms with Crippen LogP contribution in [0.3, 0.4) is 0 Å².